The summed E-state index contributed by atoms with van der Waals surface area (Å²) in [6, 6.07) is 19.8. The number of piperidine rings is 1. The molecule has 0 bridgehead atoms. The lowest BCUT2D eigenvalue weighted by Gasteiger charge is -2.32. The highest BCUT2D eigenvalue weighted by Crippen LogP contribution is 2.24. The fraction of sp³-hybridized carbons (Fsp3) is 0.519. The summed E-state index contributed by atoms with van der Waals surface area (Å²) in [6.07, 6.45) is 7.33. The molecule has 2 aromatic rings. The van der Waals surface area contributed by atoms with Gasteiger partial charge in [0.2, 0.25) is 5.91 Å². The van der Waals surface area contributed by atoms with Crippen LogP contribution in [0.1, 0.15) is 43.2 Å². The van der Waals surface area contributed by atoms with Gasteiger partial charge in [-0.1, -0.05) is 42.5 Å². The van der Waals surface area contributed by atoms with Gasteiger partial charge in [0, 0.05) is 43.5 Å². The highest BCUT2D eigenvalue weighted by molar-refractivity contribution is 7.98. The maximum Gasteiger partial charge on any atom is 0.220 e. The molecule has 5 heteroatoms. The molecule has 172 valence electrons. The van der Waals surface area contributed by atoms with Crippen molar-refractivity contribution in [1.29, 1.82) is 0 Å². The van der Waals surface area contributed by atoms with Gasteiger partial charge in [-0.15, -0.1) is 11.8 Å². The first-order chi connectivity index (χ1) is 15.7. The molecule has 4 nitrogen and oxygen atoms in total. The molecule has 2 saturated heterocycles. The lowest BCUT2D eigenvalue weighted by Crippen LogP contribution is -2.37. The highest BCUT2D eigenvalue weighted by atomic mass is 32.2. The average molecular weight is 452 g/mol. The number of benzene rings is 2. The van der Waals surface area contributed by atoms with Gasteiger partial charge in [0.1, 0.15) is 0 Å². The molecule has 0 spiro atoms. The molecule has 32 heavy (non-hydrogen) atoms. The van der Waals surface area contributed by atoms with Gasteiger partial charge in [-0.05, 0) is 74.2 Å². The molecule has 2 aromatic carbocycles. The number of hydrogen-bond acceptors (Lipinski definition) is 4. The van der Waals surface area contributed by atoms with E-state index in [0.29, 0.717) is 18.4 Å². The van der Waals surface area contributed by atoms with Gasteiger partial charge in [-0.2, -0.15) is 0 Å². The zero-order valence-corrected chi connectivity index (χ0v) is 20.2. The Kier molecular flexibility index (Phi) is 8.66. The smallest absolute Gasteiger partial charge is 0.220 e. The highest BCUT2D eigenvalue weighted by Gasteiger charge is 2.25. The molecule has 1 atom stereocenters. The average Bonchev–Trinajstić information content (AvgIpc) is 3.26. The second-order valence-electron chi connectivity index (χ2n) is 9.38. The van der Waals surface area contributed by atoms with E-state index in [2.05, 4.69) is 76.0 Å². The van der Waals surface area contributed by atoms with Crippen LogP contribution in [0.25, 0.3) is 0 Å². The van der Waals surface area contributed by atoms with E-state index in [9.17, 15) is 4.79 Å². The third-order valence-electron chi connectivity index (χ3n) is 6.91. The normalized spacial score (nSPS) is 20.5. The van der Waals surface area contributed by atoms with Crippen molar-refractivity contribution < 1.29 is 4.79 Å². The summed E-state index contributed by atoms with van der Waals surface area (Å²) in [5.74, 6) is 0.931. The van der Waals surface area contributed by atoms with Crippen molar-refractivity contribution in [3.05, 3.63) is 65.7 Å². The van der Waals surface area contributed by atoms with Crippen molar-refractivity contribution in [2.45, 2.75) is 56.1 Å². The Morgan fingerprint density at radius 1 is 0.938 bits per heavy atom. The zero-order valence-electron chi connectivity index (χ0n) is 19.3. The van der Waals surface area contributed by atoms with Crippen molar-refractivity contribution in [3.63, 3.8) is 0 Å². The van der Waals surface area contributed by atoms with E-state index in [1.165, 1.54) is 28.9 Å². The molecule has 1 unspecified atom stereocenters. The molecule has 4 rings (SSSR count). The number of rotatable bonds is 9. The van der Waals surface area contributed by atoms with Crippen molar-refractivity contribution >= 4 is 17.7 Å². The zero-order chi connectivity index (χ0) is 22.2. The molecule has 2 aliphatic rings. The maximum atomic E-state index is 12.5. The van der Waals surface area contributed by atoms with Gasteiger partial charge in [0.05, 0.1) is 0 Å². The Morgan fingerprint density at radius 3 is 2.44 bits per heavy atom. The fourth-order valence-electron chi connectivity index (χ4n) is 5.03. The number of nitrogens with one attached hydrogen (secondary N) is 1. The maximum absolute atomic E-state index is 12.5. The molecule has 0 aromatic heterocycles. The van der Waals surface area contributed by atoms with E-state index in [-0.39, 0.29) is 5.91 Å². The summed E-state index contributed by atoms with van der Waals surface area (Å²) in [4.78, 5) is 18.9. The second kappa shape index (κ2) is 11.9. The lowest BCUT2D eigenvalue weighted by molar-refractivity contribution is -0.122. The van der Waals surface area contributed by atoms with Gasteiger partial charge in [-0.25, -0.2) is 0 Å². The molecule has 2 aliphatic heterocycles. The predicted molar refractivity (Wildman–Crippen MR) is 134 cm³/mol. The van der Waals surface area contributed by atoms with Crippen LogP contribution in [0.4, 0.5) is 0 Å². The minimum atomic E-state index is 0.243. The summed E-state index contributed by atoms with van der Waals surface area (Å²) in [5, 5.41) is 3.29. The Hall–Kier alpha value is -1.82. The summed E-state index contributed by atoms with van der Waals surface area (Å²) in [6.45, 7) is 6.35. The van der Waals surface area contributed by atoms with Crippen LogP contribution in [-0.4, -0.2) is 54.2 Å². The summed E-state index contributed by atoms with van der Waals surface area (Å²) in [5.41, 5.74) is 2.76. The number of carbonyl (C=O) groups is 1. The first kappa shape index (κ1) is 23.3. The lowest BCUT2D eigenvalue weighted by atomic mass is 9.91. The minimum Gasteiger partial charge on any atom is -0.352 e. The monoisotopic (exact) mass is 451 g/mol. The summed E-state index contributed by atoms with van der Waals surface area (Å²) < 4.78 is 0. The number of likely N-dealkylation sites (tertiary alicyclic amines) is 2. The number of nitrogens with zero attached hydrogens (tertiary/aromatic N) is 2. The van der Waals surface area contributed by atoms with Gasteiger partial charge in [-0.3, -0.25) is 14.6 Å². The Bertz CT molecular complexity index is 851. The molecule has 1 amide bonds. The summed E-state index contributed by atoms with van der Waals surface area (Å²) >= 11 is 1.81. The van der Waals surface area contributed by atoms with E-state index in [4.69, 9.17) is 0 Å². The topological polar surface area (TPSA) is 35.6 Å². The van der Waals surface area contributed by atoms with Crippen molar-refractivity contribution in [2.75, 3.05) is 32.4 Å². The molecule has 0 radical (unpaired) electrons. The standard InChI is InChI=1S/C27H37N3OS/c1-32-26-9-5-8-24(18-26)20-29-15-12-22(13-16-29)10-11-27(31)28-25-14-17-30(21-25)19-23-6-3-2-4-7-23/h2-9,18,22,25H,10-17,19-21H2,1H3,(H,28,31). The van der Waals surface area contributed by atoms with Crippen molar-refractivity contribution in [3.8, 4) is 0 Å². The summed E-state index contributed by atoms with van der Waals surface area (Å²) in [7, 11) is 0. The molecular weight excluding hydrogens is 414 g/mol. The SMILES string of the molecule is CSc1cccc(CN2CCC(CCC(=O)NC3CCN(Cc4ccccc4)C3)CC2)c1. The number of thioether (sulfide) groups is 1. The predicted octanol–water partition coefficient (Wildman–Crippen LogP) is 4.79. The van der Waals surface area contributed by atoms with Crippen LogP contribution >= 0.6 is 11.8 Å². The van der Waals surface area contributed by atoms with E-state index >= 15 is 0 Å². The molecule has 2 fully saturated rings. The van der Waals surface area contributed by atoms with Crippen molar-refractivity contribution in [2.24, 2.45) is 5.92 Å². The van der Waals surface area contributed by atoms with Crippen molar-refractivity contribution in [1.82, 2.24) is 15.1 Å². The van der Waals surface area contributed by atoms with E-state index < -0.39 is 0 Å². The van der Waals surface area contributed by atoms with Crippen LogP contribution in [0, 0.1) is 5.92 Å². The van der Waals surface area contributed by atoms with Crippen LogP contribution in [0.2, 0.25) is 0 Å². The Balaban J connectivity index is 1.11. The third-order valence-corrected chi connectivity index (χ3v) is 7.64. The van der Waals surface area contributed by atoms with Crippen LogP contribution in [0.15, 0.2) is 59.5 Å². The van der Waals surface area contributed by atoms with E-state index in [1.54, 1.807) is 11.8 Å². The third kappa shape index (κ3) is 7.09. The molecular formula is C27H37N3OS. The first-order valence-electron chi connectivity index (χ1n) is 12.1. The van der Waals surface area contributed by atoms with Gasteiger partial charge < -0.3 is 5.32 Å². The Morgan fingerprint density at radius 2 is 1.66 bits per heavy atom. The van der Waals surface area contributed by atoms with Crippen LogP contribution < -0.4 is 5.32 Å². The van der Waals surface area contributed by atoms with Crippen LogP contribution in [0.3, 0.4) is 0 Å². The van der Waals surface area contributed by atoms with Gasteiger partial charge in [0.15, 0.2) is 0 Å². The van der Waals surface area contributed by atoms with Crippen LogP contribution in [-0.2, 0) is 17.9 Å². The Labute approximate surface area is 197 Å². The second-order valence-corrected chi connectivity index (χ2v) is 10.3. The fourth-order valence-corrected chi connectivity index (χ4v) is 5.52. The molecule has 0 saturated carbocycles. The first-order valence-corrected chi connectivity index (χ1v) is 13.3. The quantitative estimate of drug-likeness (QED) is 0.556. The largest absolute Gasteiger partial charge is 0.352 e. The molecule has 1 N–H and O–H groups in total. The minimum absolute atomic E-state index is 0.243. The number of amides is 1. The van der Waals surface area contributed by atoms with E-state index in [1.807, 2.05) is 0 Å². The molecule has 0 aliphatic carbocycles. The van der Waals surface area contributed by atoms with Gasteiger partial charge in [0.25, 0.3) is 0 Å². The van der Waals surface area contributed by atoms with E-state index in [0.717, 1.165) is 52.1 Å². The van der Waals surface area contributed by atoms with Crippen LogP contribution in [0.5, 0.6) is 0 Å². The molecule has 2 heterocycles. The number of carbonyl (C=O) groups excluding carboxylic acids is 1. The number of hydrogen-bond donors (Lipinski definition) is 1. The van der Waals surface area contributed by atoms with Gasteiger partial charge >= 0.3 is 0 Å².